The molecule has 0 atom stereocenters. The van der Waals surface area contributed by atoms with Crippen LogP contribution in [0.15, 0.2) is 47.4 Å². The van der Waals surface area contributed by atoms with Crippen molar-refractivity contribution < 1.29 is 27.1 Å². The number of carbonyl (C=O) groups is 2. The third-order valence-electron chi connectivity index (χ3n) is 5.91. The van der Waals surface area contributed by atoms with Crippen LogP contribution in [0.2, 0.25) is 0 Å². The minimum Gasteiger partial charge on any atom is -0.452 e. The molecular weight excluding hydrogens is 435 g/mol. The lowest BCUT2D eigenvalue weighted by molar-refractivity contribution is -0.135. The van der Waals surface area contributed by atoms with Gasteiger partial charge >= 0.3 is 5.97 Å². The molecule has 0 saturated carbocycles. The molecule has 0 aromatic heterocycles. The highest BCUT2D eigenvalue weighted by atomic mass is 32.2. The van der Waals surface area contributed by atoms with Gasteiger partial charge in [0.05, 0.1) is 5.56 Å². The summed E-state index contributed by atoms with van der Waals surface area (Å²) in [5.74, 6) is -2.13. The number of sulfonamides is 1. The number of hydrogen-bond donors (Lipinski definition) is 0. The van der Waals surface area contributed by atoms with Crippen LogP contribution in [-0.2, 0) is 32.5 Å². The van der Waals surface area contributed by atoms with Crippen molar-refractivity contribution in [3.05, 3.63) is 65.0 Å². The van der Waals surface area contributed by atoms with Crippen molar-refractivity contribution in [2.24, 2.45) is 0 Å². The topological polar surface area (TPSA) is 84.0 Å². The van der Waals surface area contributed by atoms with Crippen molar-refractivity contribution in [2.75, 3.05) is 26.2 Å². The summed E-state index contributed by atoms with van der Waals surface area (Å²) in [5.41, 5.74) is 2.14. The van der Waals surface area contributed by atoms with Crippen LogP contribution in [0, 0.1) is 5.82 Å². The molecule has 2 aromatic carbocycles. The molecule has 1 saturated heterocycles. The van der Waals surface area contributed by atoms with Gasteiger partial charge < -0.3 is 9.64 Å². The minimum atomic E-state index is -4.05. The van der Waals surface area contributed by atoms with Crippen molar-refractivity contribution in [1.82, 2.24) is 9.21 Å². The van der Waals surface area contributed by atoms with Gasteiger partial charge in [0.2, 0.25) is 10.0 Å². The van der Waals surface area contributed by atoms with Gasteiger partial charge in [-0.25, -0.2) is 17.6 Å². The monoisotopic (exact) mass is 460 g/mol. The molecule has 0 bridgehead atoms. The molecule has 2 aliphatic heterocycles. The van der Waals surface area contributed by atoms with Crippen LogP contribution in [0.3, 0.4) is 0 Å². The molecule has 1 fully saturated rings. The molecule has 4 rings (SSSR count). The summed E-state index contributed by atoms with van der Waals surface area (Å²) in [5, 5.41) is 0. The number of fused-ring (bicyclic) bond motifs is 1. The van der Waals surface area contributed by atoms with E-state index in [9.17, 15) is 22.4 Å². The van der Waals surface area contributed by atoms with Crippen molar-refractivity contribution in [3.8, 4) is 0 Å². The van der Waals surface area contributed by atoms with Gasteiger partial charge in [0.25, 0.3) is 5.91 Å². The number of rotatable bonds is 5. The molecule has 0 spiro atoms. The van der Waals surface area contributed by atoms with Crippen LogP contribution in [0.1, 0.15) is 40.7 Å². The highest BCUT2D eigenvalue weighted by Crippen LogP contribution is 2.24. The van der Waals surface area contributed by atoms with Crippen LogP contribution < -0.4 is 0 Å². The summed E-state index contributed by atoms with van der Waals surface area (Å²) in [4.78, 5) is 26.1. The van der Waals surface area contributed by atoms with Gasteiger partial charge in [0.15, 0.2) is 6.61 Å². The molecule has 9 heteroatoms. The summed E-state index contributed by atoms with van der Waals surface area (Å²) >= 11 is 0. The van der Waals surface area contributed by atoms with Gasteiger partial charge in [-0.15, -0.1) is 0 Å². The predicted molar refractivity (Wildman–Crippen MR) is 115 cm³/mol. The number of benzene rings is 2. The molecule has 0 radical (unpaired) electrons. The van der Waals surface area contributed by atoms with E-state index in [4.69, 9.17) is 4.74 Å². The first-order valence-electron chi connectivity index (χ1n) is 10.7. The average molecular weight is 461 g/mol. The molecule has 2 aromatic rings. The van der Waals surface area contributed by atoms with Crippen LogP contribution in [0.5, 0.6) is 0 Å². The summed E-state index contributed by atoms with van der Waals surface area (Å²) in [6.45, 7) is 1.16. The smallest absolute Gasteiger partial charge is 0.338 e. The Balaban J connectivity index is 1.42. The van der Waals surface area contributed by atoms with Crippen LogP contribution in [0.4, 0.5) is 4.39 Å². The fraction of sp³-hybridized carbons (Fsp3) is 0.391. The lowest BCUT2D eigenvalue weighted by Gasteiger charge is -2.28. The quantitative estimate of drug-likeness (QED) is 0.641. The van der Waals surface area contributed by atoms with Gasteiger partial charge in [0.1, 0.15) is 10.7 Å². The van der Waals surface area contributed by atoms with Crippen LogP contribution in [0.25, 0.3) is 0 Å². The normalized spacial score (nSPS) is 17.0. The lowest BCUT2D eigenvalue weighted by Crippen LogP contribution is -2.38. The molecule has 7 nitrogen and oxygen atoms in total. The van der Waals surface area contributed by atoms with Crippen LogP contribution in [-0.4, -0.2) is 55.7 Å². The Labute approximate surface area is 186 Å². The zero-order chi connectivity index (χ0) is 22.7. The Morgan fingerprint density at radius 2 is 1.69 bits per heavy atom. The second-order valence-electron chi connectivity index (χ2n) is 8.02. The largest absolute Gasteiger partial charge is 0.452 e. The van der Waals surface area contributed by atoms with E-state index >= 15 is 0 Å². The van der Waals surface area contributed by atoms with Crippen molar-refractivity contribution in [2.45, 2.75) is 37.1 Å². The van der Waals surface area contributed by atoms with E-state index in [0.29, 0.717) is 39.0 Å². The maximum Gasteiger partial charge on any atom is 0.338 e. The fourth-order valence-corrected chi connectivity index (χ4v) is 5.69. The number of carbonyl (C=O) groups excluding carboxylic acids is 2. The Bertz CT molecular complexity index is 1130. The second-order valence-corrected chi connectivity index (χ2v) is 9.93. The summed E-state index contributed by atoms with van der Waals surface area (Å²) in [6, 6.07) is 11.0. The first kappa shape index (κ1) is 22.4. The molecule has 32 heavy (non-hydrogen) atoms. The Morgan fingerprint density at radius 1 is 0.969 bits per heavy atom. The van der Waals surface area contributed by atoms with Crippen molar-refractivity contribution in [1.29, 1.82) is 0 Å². The fourth-order valence-electron chi connectivity index (χ4n) is 4.08. The Morgan fingerprint density at radius 3 is 2.44 bits per heavy atom. The number of nitrogens with zero attached hydrogens (tertiary/aromatic N) is 2. The van der Waals surface area contributed by atoms with E-state index in [1.54, 1.807) is 4.90 Å². The number of halogens is 1. The van der Waals surface area contributed by atoms with E-state index in [-0.39, 0.29) is 11.5 Å². The van der Waals surface area contributed by atoms with E-state index in [1.807, 2.05) is 24.3 Å². The SMILES string of the molecule is O=C(OCC(=O)N1CCc2ccccc2C1)c1ccc(F)c(S(=O)(=O)N2CCCCC2)c1. The molecule has 0 aliphatic carbocycles. The number of piperidine rings is 1. The lowest BCUT2D eigenvalue weighted by atomic mass is 10.00. The maximum atomic E-state index is 14.3. The van der Waals surface area contributed by atoms with Crippen molar-refractivity contribution in [3.63, 3.8) is 0 Å². The molecule has 2 heterocycles. The van der Waals surface area contributed by atoms with E-state index < -0.39 is 33.3 Å². The zero-order valence-corrected chi connectivity index (χ0v) is 18.4. The predicted octanol–water partition coefficient (Wildman–Crippen LogP) is 2.74. The zero-order valence-electron chi connectivity index (χ0n) is 17.6. The first-order chi connectivity index (χ1) is 15.4. The molecule has 1 amide bonds. The molecule has 170 valence electrons. The van der Waals surface area contributed by atoms with Gasteiger partial charge in [-0.1, -0.05) is 30.7 Å². The second kappa shape index (κ2) is 9.38. The number of esters is 1. The number of amides is 1. The van der Waals surface area contributed by atoms with Gasteiger partial charge in [-0.05, 0) is 48.6 Å². The van der Waals surface area contributed by atoms with E-state index in [2.05, 4.69) is 0 Å². The van der Waals surface area contributed by atoms with Gasteiger partial charge in [-0.3, -0.25) is 4.79 Å². The summed E-state index contributed by atoms with van der Waals surface area (Å²) < 4.78 is 46.4. The first-order valence-corrected chi connectivity index (χ1v) is 12.1. The maximum absolute atomic E-state index is 14.3. The van der Waals surface area contributed by atoms with E-state index in [1.165, 1.54) is 9.87 Å². The highest BCUT2D eigenvalue weighted by molar-refractivity contribution is 7.89. The van der Waals surface area contributed by atoms with Gasteiger partial charge in [-0.2, -0.15) is 4.31 Å². The number of ether oxygens (including phenoxy) is 1. The van der Waals surface area contributed by atoms with Crippen molar-refractivity contribution >= 4 is 21.9 Å². The van der Waals surface area contributed by atoms with Gasteiger partial charge in [0, 0.05) is 26.2 Å². The highest BCUT2D eigenvalue weighted by Gasteiger charge is 2.30. The average Bonchev–Trinajstić information content (AvgIpc) is 2.82. The summed E-state index contributed by atoms with van der Waals surface area (Å²) in [6.07, 6.45) is 3.08. The van der Waals surface area contributed by atoms with Crippen LogP contribution >= 0.6 is 0 Å². The Hall–Kier alpha value is -2.78. The Kier molecular flexibility index (Phi) is 6.57. The third-order valence-corrected chi connectivity index (χ3v) is 7.82. The van der Waals surface area contributed by atoms with E-state index in [0.717, 1.165) is 36.6 Å². The number of hydrogen-bond acceptors (Lipinski definition) is 5. The third kappa shape index (κ3) is 4.68. The molecule has 0 unspecified atom stereocenters. The minimum absolute atomic E-state index is 0.112. The standard InChI is InChI=1S/C23H25FN2O5S/c24-20-9-8-18(14-21(20)32(29,30)26-11-4-1-5-12-26)23(28)31-16-22(27)25-13-10-17-6-2-3-7-19(17)15-25/h2-3,6-9,14H,1,4-5,10-13,15-16H2. The molecule has 2 aliphatic rings. The summed E-state index contributed by atoms with van der Waals surface area (Å²) in [7, 11) is -4.05. The molecular formula is C23H25FN2O5S. The molecule has 0 N–H and O–H groups in total.